The Morgan fingerprint density at radius 3 is 2.80 bits per heavy atom. The van der Waals surface area contributed by atoms with Crippen LogP contribution < -0.4 is 0 Å². The summed E-state index contributed by atoms with van der Waals surface area (Å²) in [5.74, 6) is 1.46. The second-order valence-corrected chi connectivity index (χ2v) is 9.71. The van der Waals surface area contributed by atoms with Gasteiger partial charge in [-0.2, -0.15) is 0 Å². The SMILES string of the molecule is CC(=O)[C@@]12OC1CC1C3CCC4=CC(=O)CC[C@]4(C)C3C(O)C[C@@]12C. The third kappa shape index (κ3) is 1.71. The third-order valence-electron chi connectivity index (χ3n) is 8.85. The maximum atomic E-state index is 12.4. The maximum Gasteiger partial charge on any atom is 0.164 e. The molecule has 1 N–H and O–H groups in total. The maximum absolute atomic E-state index is 12.4. The van der Waals surface area contributed by atoms with Gasteiger partial charge in [0.05, 0.1) is 12.2 Å². The molecule has 4 nitrogen and oxygen atoms in total. The van der Waals surface area contributed by atoms with E-state index in [0.29, 0.717) is 24.7 Å². The van der Waals surface area contributed by atoms with Gasteiger partial charge in [0.2, 0.25) is 0 Å². The fourth-order valence-corrected chi connectivity index (χ4v) is 7.75. The zero-order chi connectivity index (χ0) is 17.8. The zero-order valence-corrected chi connectivity index (χ0v) is 15.4. The monoisotopic (exact) mass is 344 g/mol. The average Bonchev–Trinajstić information content (AvgIpc) is 3.22. The molecule has 4 aliphatic carbocycles. The molecule has 1 heterocycles. The number of aliphatic hydroxyl groups excluding tert-OH is 1. The fourth-order valence-electron chi connectivity index (χ4n) is 7.75. The molecule has 0 amide bonds. The molecule has 0 aromatic heterocycles. The van der Waals surface area contributed by atoms with E-state index in [1.165, 1.54) is 5.57 Å². The Morgan fingerprint density at radius 1 is 1.32 bits per heavy atom. The Hall–Kier alpha value is -1.00. The van der Waals surface area contributed by atoms with Crippen LogP contribution in [0.3, 0.4) is 0 Å². The van der Waals surface area contributed by atoms with Crippen LogP contribution in [0.1, 0.15) is 59.3 Å². The van der Waals surface area contributed by atoms with Gasteiger partial charge < -0.3 is 9.84 Å². The highest BCUT2D eigenvalue weighted by Crippen LogP contribution is 2.73. The van der Waals surface area contributed by atoms with Gasteiger partial charge in [0.15, 0.2) is 17.2 Å². The van der Waals surface area contributed by atoms with Crippen molar-refractivity contribution < 1.29 is 19.4 Å². The van der Waals surface area contributed by atoms with Gasteiger partial charge >= 0.3 is 0 Å². The average molecular weight is 344 g/mol. The number of ether oxygens (including phenoxy) is 1. The van der Waals surface area contributed by atoms with E-state index in [-0.39, 0.29) is 34.4 Å². The van der Waals surface area contributed by atoms with E-state index >= 15 is 0 Å². The van der Waals surface area contributed by atoms with Gasteiger partial charge in [-0.1, -0.05) is 19.4 Å². The molecule has 136 valence electrons. The molecule has 4 fully saturated rings. The fraction of sp³-hybridized carbons (Fsp3) is 0.810. The minimum atomic E-state index is -0.636. The summed E-state index contributed by atoms with van der Waals surface area (Å²) in [7, 11) is 0. The van der Waals surface area contributed by atoms with Crippen molar-refractivity contribution >= 4 is 11.6 Å². The highest BCUT2D eigenvalue weighted by atomic mass is 16.6. The van der Waals surface area contributed by atoms with E-state index < -0.39 is 11.7 Å². The van der Waals surface area contributed by atoms with Crippen LogP contribution in [0.4, 0.5) is 0 Å². The summed E-state index contributed by atoms with van der Waals surface area (Å²) in [5, 5.41) is 11.2. The first kappa shape index (κ1) is 16.2. The molecule has 0 aromatic rings. The Labute approximate surface area is 149 Å². The second kappa shape index (κ2) is 4.64. The zero-order valence-electron chi connectivity index (χ0n) is 15.4. The van der Waals surface area contributed by atoms with Gasteiger partial charge in [-0.25, -0.2) is 0 Å². The molecule has 8 atom stereocenters. The van der Waals surface area contributed by atoms with Crippen molar-refractivity contribution in [2.45, 2.75) is 77.1 Å². The number of epoxide rings is 1. The molecule has 5 unspecified atom stereocenters. The number of fused-ring (bicyclic) bond motifs is 7. The largest absolute Gasteiger partial charge is 0.393 e. The molecular formula is C21H28O4. The summed E-state index contributed by atoms with van der Waals surface area (Å²) in [4.78, 5) is 24.3. The summed E-state index contributed by atoms with van der Waals surface area (Å²) < 4.78 is 5.93. The summed E-state index contributed by atoms with van der Waals surface area (Å²) in [5.41, 5.74) is 0.317. The summed E-state index contributed by atoms with van der Waals surface area (Å²) >= 11 is 0. The van der Waals surface area contributed by atoms with Crippen LogP contribution in [0.2, 0.25) is 0 Å². The molecule has 4 heteroatoms. The van der Waals surface area contributed by atoms with Crippen molar-refractivity contribution in [3.05, 3.63) is 11.6 Å². The number of carbonyl (C=O) groups is 2. The van der Waals surface area contributed by atoms with E-state index in [1.807, 2.05) is 6.08 Å². The highest BCUT2D eigenvalue weighted by Gasteiger charge is 2.80. The molecular weight excluding hydrogens is 316 g/mol. The number of allylic oxidation sites excluding steroid dienone is 1. The Kier molecular flexibility index (Phi) is 3.00. The molecule has 0 radical (unpaired) electrons. The van der Waals surface area contributed by atoms with E-state index in [4.69, 9.17) is 4.74 Å². The van der Waals surface area contributed by atoms with E-state index in [0.717, 1.165) is 25.7 Å². The normalized spacial score (nSPS) is 56.2. The molecule has 0 aromatic carbocycles. The minimum absolute atomic E-state index is 0.0589. The Morgan fingerprint density at radius 2 is 2.08 bits per heavy atom. The van der Waals surface area contributed by atoms with E-state index in [9.17, 15) is 14.7 Å². The molecule has 0 bridgehead atoms. The first-order chi connectivity index (χ1) is 11.7. The molecule has 0 spiro atoms. The first-order valence-electron chi connectivity index (χ1n) is 9.85. The predicted octanol–water partition coefficient (Wildman–Crippen LogP) is 2.83. The second-order valence-electron chi connectivity index (χ2n) is 9.71. The Bertz CT molecular complexity index is 711. The lowest BCUT2D eigenvalue weighted by molar-refractivity contribution is -0.158. The van der Waals surface area contributed by atoms with Crippen molar-refractivity contribution in [3.8, 4) is 0 Å². The highest BCUT2D eigenvalue weighted by molar-refractivity contribution is 5.92. The quantitative estimate of drug-likeness (QED) is 0.743. The van der Waals surface area contributed by atoms with Crippen LogP contribution >= 0.6 is 0 Å². The number of rotatable bonds is 1. The van der Waals surface area contributed by atoms with Gasteiger partial charge in [0.25, 0.3) is 0 Å². The van der Waals surface area contributed by atoms with Gasteiger partial charge in [0.1, 0.15) is 0 Å². The summed E-state index contributed by atoms with van der Waals surface area (Å²) in [6.07, 6.45) is 6.54. The lowest BCUT2D eigenvalue weighted by Gasteiger charge is -2.60. The van der Waals surface area contributed by atoms with Crippen molar-refractivity contribution in [1.82, 2.24) is 0 Å². The first-order valence-corrected chi connectivity index (χ1v) is 9.85. The molecule has 5 rings (SSSR count). The lowest BCUT2D eigenvalue weighted by atomic mass is 9.45. The van der Waals surface area contributed by atoms with Crippen molar-refractivity contribution in [1.29, 1.82) is 0 Å². The van der Waals surface area contributed by atoms with Crippen molar-refractivity contribution in [2.24, 2.45) is 28.6 Å². The number of aliphatic hydroxyl groups is 1. The van der Waals surface area contributed by atoms with Gasteiger partial charge in [-0.05, 0) is 68.3 Å². The predicted molar refractivity (Wildman–Crippen MR) is 91.8 cm³/mol. The molecule has 3 saturated carbocycles. The van der Waals surface area contributed by atoms with E-state index in [1.54, 1.807) is 6.92 Å². The van der Waals surface area contributed by atoms with Crippen LogP contribution in [0, 0.1) is 28.6 Å². The molecule has 25 heavy (non-hydrogen) atoms. The van der Waals surface area contributed by atoms with Crippen LogP contribution in [0.15, 0.2) is 11.6 Å². The lowest BCUT2D eigenvalue weighted by Crippen LogP contribution is -2.59. The number of hydrogen-bond acceptors (Lipinski definition) is 4. The standard InChI is InChI=1S/C21H28O4/c1-11(22)21-17(25-21)9-15-14-5-4-12-8-13(23)6-7-19(12,2)18(14)16(24)10-20(15,21)3/h8,14-18,24H,4-7,9-10H2,1-3H3/t14?,15?,16?,17?,18?,19-,20-,21+/m0/s1. The van der Waals surface area contributed by atoms with E-state index in [2.05, 4.69) is 13.8 Å². The minimum Gasteiger partial charge on any atom is -0.393 e. The summed E-state index contributed by atoms with van der Waals surface area (Å²) in [6, 6.07) is 0. The Balaban J connectivity index is 1.56. The molecule has 1 saturated heterocycles. The number of Topliss-reactive ketones (excluding diaryl/α,β-unsaturated/α-hetero) is 1. The summed E-state index contributed by atoms with van der Waals surface area (Å²) in [6.45, 7) is 6.10. The van der Waals surface area contributed by atoms with Crippen LogP contribution in [0.25, 0.3) is 0 Å². The number of hydrogen-bond donors (Lipinski definition) is 1. The van der Waals surface area contributed by atoms with Gasteiger partial charge in [-0.3, -0.25) is 9.59 Å². The number of ketones is 2. The third-order valence-corrected chi connectivity index (χ3v) is 8.85. The smallest absolute Gasteiger partial charge is 0.164 e. The van der Waals surface area contributed by atoms with Crippen LogP contribution in [-0.2, 0) is 14.3 Å². The molecule has 1 aliphatic heterocycles. The van der Waals surface area contributed by atoms with Crippen LogP contribution in [0.5, 0.6) is 0 Å². The van der Waals surface area contributed by atoms with Crippen molar-refractivity contribution in [2.75, 3.05) is 0 Å². The van der Waals surface area contributed by atoms with Crippen LogP contribution in [-0.4, -0.2) is 34.5 Å². The van der Waals surface area contributed by atoms with Crippen molar-refractivity contribution in [3.63, 3.8) is 0 Å². The van der Waals surface area contributed by atoms with Gasteiger partial charge in [-0.15, -0.1) is 0 Å². The van der Waals surface area contributed by atoms with Gasteiger partial charge in [0, 0.05) is 11.8 Å². The molecule has 5 aliphatic rings. The topological polar surface area (TPSA) is 66.9 Å². The number of carbonyl (C=O) groups excluding carboxylic acids is 2.